The van der Waals surface area contributed by atoms with E-state index in [2.05, 4.69) is 18.8 Å². The highest BCUT2D eigenvalue weighted by molar-refractivity contribution is 7.13. The molecule has 0 saturated carbocycles. The second-order valence-electron chi connectivity index (χ2n) is 5.07. The van der Waals surface area contributed by atoms with Crippen LogP contribution >= 0.6 is 11.3 Å². The molecule has 0 unspecified atom stereocenters. The fraction of sp³-hybridized carbons (Fsp3) is 0.333. The molecule has 4 nitrogen and oxygen atoms in total. The van der Waals surface area contributed by atoms with Crippen LogP contribution in [0.4, 0.5) is 0 Å². The molecule has 0 aliphatic heterocycles. The monoisotopic (exact) mass is 290 g/mol. The van der Waals surface area contributed by atoms with Crippen LogP contribution in [-0.2, 0) is 0 Å². The summed E-state index contributed by atoms with van der Waals surface area (Å²) in [6, 6.07) is 5.44. The van der Waals surface area contributed by atoms with Crippen LogP contribution in [-0.4, -0.2) is 17.5 Å². The van der Waals surface area contributed by atoms with Crippen molar-refractivity contribution < 1.29 is 9.53 Å². The zero-order valence-corrected chi connectivity index (χ0v) is 12.7. The van der Waals surface area contributed by atoms with Gasteiger partial charge in [-0.3, -0.25) is 4.79 Å². The molecule has 1 heterocycles. The number of benzene rings is 1. The van der Waals surface area contributed by atoms with Crippen molar-refractivity contribution in [3.63, 3.8) is 0 Å². The minimum Gasteiger partial charge on any atom is -0.492 e. The average Bonchev–Trinajstić information content (AvgIpc) is 2.82. The van der Waals surface area contributed by atoms with Gasteiger partial charge in [0.1, 0.15) is 10.8 Å². The maximum atomic E-state index is 11.6. The van der Waals surface area contributed by atoms with Gasteiger partial charge in [0.15, 0.2) is 0 Å². The summed E-state index contributed by atoms with van der Waals surface area (Å²) in [7, 11) is 0. The fourth-order valence-electron chi connectivity index (χ4n) is 1.72. The van der Waals surface area contributed by atoms with Crippen molar-refractivity contribution in [3.8, 4) is 16.3 Å². The molecule has 20 heavy (non-hydrogen) atoms. The molecule has 0 aliphatic rings. The molecule has 5 heteroatoms. The Morgan fingerprint density at radius 2 is 2.20 bits per heavy atom. The van der Waals surface area contributed by atoms with E-state index in [1.54, 1.807) is 23.5 Å². The first kappa shape index (κ1) is 14.5. The number of hydrogen-bond acceptors (Lipinski definition) is 4. The van der Waals surface area contributed by atoms with Gasteiger partial charge in [-0.1, -0.05) is 13.8 Å². The summed E-state index contributed by atoms with van der Waals surface area (Å²) in [5.41, 5.74) is 7.68. The summed E-state index contributed by atoms with van der Waals surface area (Å²) in [5, 5.41) is 2.85. The molecule has 1 aromatic heterocycles. The molecule has 0 spiro atoms. The van der Waals surface area contributed by atoms with E-state index in [9.17, 15) is 4.79 Å². The van der Waals surface area contributed by atoms with Crippen molar-refractivity contribution in [2.45, 2.75) is 20.8 Å². The highest BCUT2D eigenvalue weighted by Gasteiger charge is 2.13. The first-order valence-corrected chi connectivity index (χ1v) is 7.34. The zero-order valence-electron chi connectivity index (χ0n) is 11.8. The van der Waals surface area contributed by atoms with Crippen molar-refractivity contribution in [1.29, 1.82) is 0 Å². The third-order valence-electron chi connectivity index (χ3n) is 2.68. The predicted octanol–water partition coefficient (Wildman–Crippen LogP) is 3.25. The van der Waals surface area contributed by atoms with E-state index in [4.69, 9.17) is 10.5 Å². The number of thiazole rings is 1. The minimum atomic E-state index is -0.487. The number of amides is 1. The largest absolute Gasteiger partial charge is 0.492 e. The highest BCUT2D eigenvalue weighted by atomic mass is 32.1. The first-order chi connectivity index (χ1) is 9.47. The Hall–Kier alpha value is -1.88. The van der Waals surface area contributed by atoms with Gasteiger partial charge in [-0.2, -0.15) is 0 Å². The Morgan fingerprint density at radius 1 is 1.45 bits per heavy atom. The lowest BCUT2D eigenvalue weighted by Gasteiger charge is -2.12. The SMILES string of the molecule is Cc1csc(-c2ccc(OCC(C)C)c(C(N)=O)c2)n1. The molecule has 0 fully saturated rings. The van der Waals surface area contributed by atoms with Crippen LogP contribution in [0.5, 0.6) is 5.75 Å². The van der Waals surface area contributed by atoms with Crippen LogP contribution in [0, 0.1) is 12.8 Å². The quantitative estimate of drug-likeness (QED) is 0.919. The third-order valence-corrected chi connectivity index (χ3v) is 3.69. The summed E-state index contributed by atoms with van der Waals surface area (Å²) >= 11 is 1.54. The van der Waals surface area contributed by atoms with Crippen LogP contribution in [0.3, 0.4) is 0 Å². The maximum absolute atomic E-state index is 11.6. The number of nitrogens with zero attached hydrogens (tertiary/aromatic N) is 1. The number of primary amides is 1. The Labute approximate surface area is 122 Å². The van der Waals surface area contributed by atoms with E-state index < -0.39 is 5.91 Å². The second kappa shape index (κ2) is 6.05. The van der Waals surface area contributed by atoms with E-state index in [0.717, 1.165) is 16.3 Å². The molecule has 106 valence electrons. The van der Waals surface area contributed by atoms with E-state index >= 15 is 0 Å². The summed E-state index contributed by atoms with van der Waals surface area (Å²) in [6.45, 7) is 6.60. The normalized spacial score (nSPS) is 10.8. The van der Waals surface area contributed by atoms with Gasteiger partial charge in [0.2, 0.25) is 0 Å². The van der Waals surface area contributed by atoms with Gasteiger partial charge >= 0.3 is 0 Å². The molecule has 0 saturated heterocycles. The van der Waals surface area contributed by atoms with Crippen LogP contribution in [0.1, 0.15) is 29.9 Å². The third kappa shape index (κ3) is 3.36. The standard InChI is InChI=1S/C15H18N2O2S/c1-9(2)7-19-13-5-4-11(6-12(13)14(16)18)15-17-10(3)8-20-15/h4-6,8-9H,7H2,1-3H3,(H2,16,18). The van der Waals surface area contributed by atoms with Crippen molar-refractivity contribution in [2.24, 2.45) is 11.7 Å². The number of ether oxygens (including phenoxy) is 1. The Bertz CT molecular complexity index is 620. The first-order valence-electron chi connectivity index (χ1n) is 6.46. The van der Waals surface area contributed by atoms with Crippen LogP contribution < -0.4 is 10.5 Å². The topological polar surface area (TPSA) is 65.2 Å². The number of carbonyl (C=O) groups excluding carboxylic acids is 1. The lowest BCUT2D eigenvalue weighted by Crippen LogP contribution is -2.14. The van der Waals surface area contributed by atoms with E-state index in [0.29, 0.717) is 23.8 Å². The summed E-state index contributed by atoms with van der Waals surface area (Å²) in [4.78, 5) is 16.0. The molecule has 2 rings (SSSR count). The fourth-order valence-corrected chi connectivity index (χ4v) is 2.52. The lowest BCUT2D eigenvalue weighted by atomic mass is 10.1. The van der Waals surface area contributed by atoms with E-state index in [-0.39, 0.29) is 0 Å². The highest BCUT2D eigenvalue weighted by Crippen LogP contribution is 2.29. The van der Waals surface area contributed by atoms with Gasteiger partial charge < -0.3 is 10.5 Å². The number of carbonyl (C=O) groups is 1. The predicted molar refractivity (Wildman–Crippen MR) is 81.1 cm³/mol. The zero-order chi connectivity index (χ0) is 14.7. The van der Waals surface area contributed by atoms with Gasteiger partial charge in [0, 0.05) is 16.6 Å². The van der Waals surface area contributed by atoms with Crippen LogP contribution in [0.25, 0.3) is 10.6 Å². The Kier molecular flexibility index (Phi) is 4.39. The molecule has 0 radical (unpaired) electrons. The number of hydrogen-bond donors (Lipinski definition) is 1. The van der Waals surface area contributed by atoms with Gasteiger partial charge in [-0.15, -0.1) is 11.3 Å². The minimum absolute atomic E-state index is 0.386. The number of rotatable bonds is 5. The van der Waals surface area contributed by atoms with Crippen LogP contribution in [0.15, 0.2) is 23.6 Å². The van der Waals surface area contributed by atoms with Gasteiger partial charge in [-0.05, 0) is 31.0 Å². The van der Waals surface area contributed by atoms with Gasteiger partial charge in [-0.25, -0.2) is 4.98 Å². The number of nitrogens with two attached hydrogens (primary N) is 1. The molecule has 0 atom stereocenters. The summed E-state index contributed by atoms with van der Waals surface area (Å²) in [6.07, 6.45) is 0. The molecule has 1 aromatic carbocycles. The number of aromatic nitrogens is 1. The second-order valence-corrected chi connectivity index (χ2v) is 5.93. The average molecular weight is 290 g/mol. The van der Waals surface area contributed by atoms with Crippen molar-refractivity contribution in [1.82, 2.24) is 4.98 Å². The summed E-state index contributed by atoms with van der Waals surface area (Å²) in [5.74, 6) is 0.430. The van der Waals surface area contributed by atoms with Crippen molar-refractivity contribution in [2.75, 3.05) is 6.61 Å². The Balaban J connectivity index is 2.34. The smallest absolute Gasteiger partial charge is 0.252 e. The van der Waals surface area contributed by atoms with Crippen LogP contribution in [0.2, 0.25) is 0 Å². The van der Waals surface area contributed by atoms with E-state index in [1.807, 2.05) is 18.4 Å². The molecule has 2 aromatic rings. The van der Waals surface area contributed by atoms with Gasteiger partial charge in [0.05, 0.1) is 12.2 Å². The maximum Gasteiger partial charge on any atom is 0.252 e. The molecule has 0 aliphatic carbocycles. The molecule has 0 bridgehead atoms. The Morgan fingerprint density at radius 3 is 2.75 bits per heavy atom. The molecule has 1 amide bonds. The molecule has 2 N–H and O–H groups in total. The van der Waals surface area contributed by atoms with Crippen molar-refractivity contribution >= 4 is 17.2 Å². The number of aryl methyl sites for hydroxylation is 1. The van der Waals surface area contributed by atoms with E-state index in [1.165, 1.54) is 0 Å². The van der Waals surface area contributed by atoms with Gasteiger partial charge in [0.25, 0.3) is 5.91 Å². The van der Waals surface area contributed by atoms with Crippen molar-refractivity contribution in [3.05, 3.63) is 34.8 Å². The lowest BCUT2D eigenvalue weighted by molar-refractivity contribution is 0.0995. The molecular weight excluding hydrogens is 272 g/mol. The molecular formula is C15H18N2O2S. The summed E-state index contributed by atoms with van der Waals surface area (Å²) < 4.78 is 5.64.